The van der Waals surface area contributed by atoms with Crippen LogP contribution in [-0.4, -0.2) is 46.8 Å². The molecule has 0 aromatic carbocycles. The number of ether oxygens (including phenoxy) is 3. The van der Waals surface area contributed by atoms with Crippen LogP contribution in [0.15, 0.2) is 6.20 Å². The van der Waals surface area contributed by atoms with Gasteiger partial charge >= 0.3 is 18.2 Å². The Kier molecular flexibility index (Phi) is 6.32. The van der Waals surface area contributed by atoms with E-state index in [-0.39, 0.29) is 12.2 Å². The largest absolute Gasteiger partial charge is 0.475 e. The molecule has 0 N–H and O–H groups in total. The lowest BCUT2D eigenvalue weighted by Crippen LogP contribution is -2.37. The zero-order chi connectivity index (χ0) is 20.3. The van der Waals surface area contributed by atoms with Crippen molar-refractivity contribution >= 4 is 12.1 Å². The molecule has 0 radical (unpaired) electrons. The molecule has 0 aliphatic heterocycles. The fourth-order valence-electron chi connectivity index (χ4n) is 1.55. The molecule has 0 amide bonds. The molecule has 0 bridgehead atoms. The van der Waals surface area contributed by atoms with Crippen LogP contribution in [-0.2, 0) is 9.47 Å². The van der Waals surface area contributed by atoms with Crippen molar-refractivity contribution in [2.24, 2.45) is 5.41 Å². The normalized spacial score (nSPS) is 12.7. The van der Waals surface area contributed by atoms with Crippen molar-refractivity contribution in [3.8, 4) is 5.88 Å². The molecule has 1 aromatic heterocycles. The Balaban J connectivity index is 3.12. The molecule has 0 atom stereocenters. The average Bonchev–Trinajstić information content (AvgIpc) is 2.87. The third-order valence-electron chi connectivity index (χ3n) is 3.09. The van der Waals surface area contributed by atoms with Gasteiger partial charge in [0.1, 0.15) is 17.8 Å². The van der Waals surface area contributed by atoms with Gasteiger partial charge in [-0.2, -0.15) is 17.9 Å². The van der Waals surface area contributed by atoms with Crippen molar-refractivity contribution in [2.75, 3.05) is 13.2 Å². The predicted octanol–water partition coefficient (Wildman–Crippen LogP) is 3.81. The summed E-state index contributed by atoms with van der Waals surface area (Å²) < 4.78 is 54.6. The van der Waals surface area contributed by atoms with Crippen molar-refractivity contribution in [2.45, 2.75) is 53.3 Å². The lowest BCUT2D eigenvalue weighted by molar-refractivity contribution is -0.219. The minimum atomic E-state index is -4.52. The van der Waals surface area contributed by atoms with Gasteiger partial charge in [-0.1, -0.05) is 0 Å². The molecular weight excluding hydrogens is 357 g/mol. The summed E-state index contributed by atoms with van der Waals surface area (Å²) in [4.78, 5) is 24.0. The molecule has 1 heterocycles. The number of carbonyl (C=O) groups is 2. The average molecular weight is 380 g/mol. The second kappa shape index (κ2) is 7.55. The van der Waals surface area contributed by atoms with Crippen LogP contribution in [0.3, 0.4) is 0 Å². The maximum atomic E-state index is 13.0. The highest BCUT2D eigenvalue weighted by Gasteiger charge is 2.48. The topological polar surface area (TPSA) is 79.7 Å². The van der Waals surface area contributed by atoms with E-state index >= 15 is 0 Å². The van der Waals surface area contributed by atoms with Gasteiger partial charge in [-0.3, -0.25) is 0 Å². The van der Waals surface area contributed by atoms with E-state index < -0.39 is 41.7 Å². The van der Waals surface area contributed by atoms with Gasteiger partial charge in [0.25, 0.3) is 0 Å². The van der Waals surface area contributed by atoms with E-state index in [1.807, 2.05) is 0 Å². The zero-order valence-electron chi connectivity index (χ0n) is 15.6. The molecule has 0 spiro atoms. The molecule has 0 unspecified atom stereocenters. The summed E-state index contributed by atoms with van der Waals surface area (Å²) in [6.45, 7) is 7.57. The molecule has 0 aliphatic rings. The van der Waals surface area contributed by atoms with Crippen LogP contribution in [0.2, 0.25) is 0 Å². The van der Waals surface area contributed by atoms with Crippen LogP contribution in [0.5, 0.6) is 5.88 Å². The molecule has 1 aromatic rings. The van der Waals surface area contributed by atoms with E-state index in [0.717, 1.165) is 20.0 Å². The number of carbonyl (C=O) groups excluding carboxylic acids is 2. The molecule has 0 aliphatic carbocycles. The first kappa shape index (κ1) is 21.8. The summed E-state index contributed by atoms with van der Waals surface area (Å²) in [5.41, 5.74) is -3.28. The number of halogens is 3. The maximum Gasteiger partial charge on any atom is 0.435 e. The Hall–Kier alpha value is -2.26. The monoisotopic (exact) mass is 380 g/mol. The van der Waals surface area contributed by atoms with Gasteiger partial charge in [-0.15, -0.1) is 5.10 Å². The molecule has 0 saturated heterocycles. The van der Waals surface area contributed by atoms with Crippen molar-refractivity contribution in [1.29, 1.82) is 0 Å². The summed E-state index contributed by atoms with van der Waals surface area (Å²) in [5, 5.41) is 3.73. The summed E-state index contributed by atoms with van der Waals surface area (Å²) >= 11 is 0. The van der Waals surface area contributed by atoms with Crippen molar-refractivity contribution < 1.29 is 37.0 Å². The first-order valence-corrected chi connectivity index (χ1v) is 7.87. The SMILES string of the molecule is CCOC(=O)c1cn(C(=O)OC(C)(C)C)nc1OCC(C)(C)C(F)(F)F. The fraction of sp³-hybridized carbons (Fsp3) is 0.688. The lowest BCUT2D eigenvalue weighted by atomic mass is 9.94. The third-order valence-corrected chi connectivity index (χ3v) is 3.09. The first-order valence-electron chi connectivity index (χ1n) is 7.87. The number of alkyl halides is 3. The van der Waals surface area contributed by atoms with E-state index in [9.17, 15) is 22.8 Å². The standard InChI is InChI=1S/C16H23F3N2O5/c1-7-24-12(22)10-8-21(13(23)26-14(2,3)4)20-11(10)25-9-15(5,6)16(17,18)19/h8H,7,9H2,1-6H3. The molecular formula is C16H23F3N2O5. The Labute approximate surface area is 149 Å². The van der Waals surface area contributed by atoms with Gasteiger partial charge in [0.15, 0.2) is 0 Å². The zero-order valence-corrected chi connectivity index (χ0v) is 15.6. The van der Waals surface area contributed by atoms with Crippen molar-refractivity contribution in [3.05, 3.63) is 11.8 Å². The highest BCUT2D eigenvalue weighted by atomic mass is 19.4. The molecule has 1 rings (SSSR count). The summed E-state index contributed by atoms with van der Waals surface area (Å²) in [6, 6.07) is 0. The van der Waals surface area contributed by atoms with Crippen molar-refractivity contribution in [1.82, 2.24) is 9.78 Å². The summed E-state index contributed by atoms with van der Waals surface area (Å²) in [7, 11) is 0. The van der Waals surface area contributed by atoms with Crippen molar-refractivity contribution in [3.63, 3.8) is 0 Å². The Morgan fingerprint density at radius 1 is 1.15 bits per heavy atom. The van der Waals surface area contributed by atoms with Gasteiger partial charge in [-0.05, 0) is 41.5 Å². The second-order valence-electron chi connectivity index (χ2n) is 7.16. The van der Waals surface area contributed by atoms with Gasteiger partial charge in [-0.25, -0.2) is 9.59 Å². The van der Waals surface area contributed by atoms with Crippen LogP contribution in [0, 0.1) is 5.41 Å². The summed E-state index contributed by atoms with van der Waals surface area (Å²) in [5.74, 6) is -1.31. The van der Waals surface area contributed by atoms with E-state index in [2.05, 4.69) is 5.10 Å². The van der Waals surface area contributed by atoms with Crippen LogP contribution < -0.4 is 4.74 Å². The van der Waals surface area contributed by atoms with E-state index in [4.69, 9.17) is 14.2 Å². The number of hydrogen-bond acceptors (Lipinski definition) is 6. The van der Waals surface area contributed by atoms with Gasteiger partial charge in [0.2, 0.25) is 5.88 Å². The van der Waals surface area contributed by atoms with E-state index in [1.54, 1.807) is 27.7 Å². The Bertz CT molecular complexity index is 660. The smallest absolute Gasteiger partial charge is 0.435 e. The molecule has 7 nitrogen and oxygen atoms in total. The van der Waals surface area contributed by atoms with Gasteiger partial charge in [0.05, 0.1) is 18.2 Å². The quantitative estimate of drug-likeness (QED) is 0.723. The highest BCUT2D eigenvalue weighted by molar-refractivity contribution is 5.92. The fourth-order valence-corrected chi connectivity index (χ4v) is 1.55. The number of esters is 1. The summed E-state index contributed by atoms with van der Waals surface area (Å²) in [6.07, 6.45) is -4.43. The predicted molar refractivity (Wildman–Crippen MR) is 85.1 cm³/mol. The molecule has 26 heavy (non-hydrogen) atoms. The van der Waals surface area contributed by atoms with Crippen LogP contribution in [0.1, 0.15) is 51.9 Å². The lowest BCUT2D eigenvalue weighted by Gasteiger charge is -2.27. The third kappa shape index (κ3) is 5.63. The Morgan fingerprint density at radius 2 is 1.73 bits per heavy atom. The maximum absolute atomic E-state index is 13.0. The van der Waals surface area contributed by atoms with E-state index in [1.165, 1.54) is 0 Å². The number of aromatic nitrogens is 2. The van der Waals surface area contributed by atoms with Gasteiger partial charge < -0.3 is 14.2 Å². The van der Waals surface area contributed by atoms with E-state index in [0.29, 0.717) is 4.68 Å². The molecule has 0 saturated carbocycles. The van der Waals surface area contributed by atoms with Crippen LogP contribution >= 0.6 is 0 Å². The highest BCUT2D eigenvalue weighted by Crippen LogP contribution is 2.38. The molecule has 148 valence electrons. The van der Waals surface area contributed by atoms with Crippen LogP contribution in [0.4, 0.5) is 18.0 Å². The number of nitrogens with zero attached hydrogens (tertiary/aromatic N) is 2. The minimum absolute atomic E-state index is 0.0317. The molecule has 10 heteroatoms. The number of hydrogen-bond donors (Lipinski definition) is 0. The van der Waals surface area contributed by atoms with Crippen LogP contribution in [0.25, 0.3) is 0 Å². The first-order chi connectivity index (χ1) is 11.7. The van der Waals surface area contributed by atoms with Gasteiger partial charge in [0, 0.05) is 0 Å². The minimum Gasteiger partial charge on any atom is -0.475 e. The molecule has 0 fully saturated rings. The second-order valence-corrected chi connectivity index (χ2v) is 7.16. The Morgan fingerprint density at radius 3 is 2.19 bits per heavy atom. The number of rotatable bonds is 5.